The number of hydrogen-bond donors (Lipinski definition) is 1. The number of para-hydroxylation sites is 1. The summed E-state index contributed by atoms with van der Waals surface area (Å²) in [6.45, 7) is 1.71. The van der Waals surface area contributed by atoms with Gasteiger partial charge < -0.3 is 15.0 Å². The highest BCUT2D eigenvalue weighted by Crippen LogP contribution is 2.23. The minimum atomic E-state index is -0.565. The number of benzene rings is 2. The van der Waals surface area contributed by atoms with Crippen molar-refractivity contribution >= 4 is 29.3 Å². The van der Waals surface area contributed by atoms with Gasteiger partial charge in [0.05, 0.1) is 5.75 Å². The quantitative estimate of drug-likeness (QED) is 0.886. The number of anilines is 1. The Morgan fingerprint density at radius 2 is 1.80 bits per heavy atom. The van der Waals surface area contributed by atoms with Gasteiger partial charge in [0, 0.05) is 11.9 Å². The van der Waals surface area contributed by atoms with Gasteiger partial charge in [-0.2, -0.15) is 0 Å². The molecule has 0 bridgehead atoms. The first-order valence-electron chi connectivity index (χ1n) is 7.87. The van der Waals surface area contributed by atoms with E-state index in [0.717, 1.165) is 5.75 Å². The predicted molar refractivity (Wildman–Crippen MR) is 99.5 cm³/mol. The fraction of sp³-hybridized carbons (Fsp3) is 0.158. The van der Waals surface area contributed by atoms with Crippen LogP contribution in [-0.4, -0.2) is 28.5 Å². The number of nitrogens with zero attached hydrogens (tertiary/aromatic N) is 1. The van der Waals surface area contributed by atoms with E-state index < -0.39 is 6.04 Å². The Bertz CT molecular complexity index is 775. The van der Waals surface area contributed by atoms with Crippen LogP contribution in [-0.2, 0) is 9.59 Å². The molecule has 2 aromatic rings. The Kier molecular flexibility index (Phi) is 5.40. The molecule has 1 unspecified atom stereocenters. The van der Waals surface area contributed by atoms with Crippen molar-refractivity contribution in [2.75, 3.05) is 11.1 Å². The minimum absolute atomic E-state index is 0.0678. The second-order valence-electron chi connectivity index (χ2n) is 5.50. The van der Waals surface area contributed by atoms with Gasteiger partial charge in [0.1, 0.15) is 17.5 Å². The molecule has 0 saturated carbocycles. The van der Waals surface area contributed by atoms with E-state index in [1.54, 1.807) is 37.4 Å². The largest absolute Gasteiger partial charge is 0.457 e. The van der Waals surface area contributed by atoms with Gasteiger partial charge in [-0.25, -0.2) is 0 Å². The maximum atomic E-state index is 12.4. The van der Waals surface area contributed by atoms with Gasteiger partial charge in [0.25, 0.3) is 0 Å². The standard InChI is InChI=1S/C19H18N2O3S/c1-14(21-11-12-25-13-18(21)22)19(23)20-15-7-9-17(10-8-15)24-16-5-3-2-4-6-16/h2-12,14H,13H2,1H3,(H,20,23). The lowest BCUT2D eigenvalue weighted by Gasteiger charge is -2.26. The highest BCUT2D eigenvalue weighted by atomic mass is 32.2. The summed E-state index contributed by atoms with van der Waals surface area (Å²) in [5.41, 5.74) is 0.653. The molecular weight excluding hydrogens is 336 g/mol. The Morgan fingerprint density at radius 3 is 2.48 bits per heavy atom. The fourth-order valence-corrected chi connectivity index (χ4v) is 2.94. The maximum absolute atomic E-state index is 12.4. The molecule has 0 saturated heterocycles. The lowest BCUT2D eigenvalue weighted by atomic mass is 10.2. The number of carbonyl (C=O) groups excluding carboxylic acids is 2. The third-order valence-corrected chi connectivity index (χ3v) is 4.44. The molecule has 1 aliphatic rings. The first kappa shape index (κ1) is 17.1. The van der Waals surface area contributed by atoms with Crippen molar-refractivity contribution in [3.05, 3.63) is 66.2 Å². The van der Waals surface area contributed by atoms with Crippen LogP contribution in [0.1, 0.15) is 6.92 Å². The number of hydrogen-bond acceptors (Lipinski definition) is 4. The molecule has 1 atom stereocenters. The van der Waals surface area contributed by atoms with E-state index in [9.17, 15) is 9.59 Å². The van der Waals surface area contributed by atoms with Crippen LogP contribution in [0.4, 0.5) is 5.69 Å². The third kappa shape index (κ3) is 4.42. The lowest BCUT2D eigenvalue weighted by molar-refractivity contribution is -0.133. The second kappa shape index (κ2) is 7.90. The Morgan fingerprint density at radius 1 is 1.12 bits per heavy atom. The maximum Gasteiger partial charge on any atom is 0.247 e. The molecule has 0 spiro atoms. The summed E-state index contributed by atoms with van der Waals surface area (Å²) in [6, 6.07) is 16.0. The summed E-state index contributed by atoms with van der Waals surface area (Å²) in [5, 5.41) is 4.64. The van der Waals surface area contributed by atoms with Crippen molar-refractivity contribution in [1.82, 2.24) is 4.90 Å². The van der Waals surface area contributed by atoms with Gasteiger partial charge in [-0.05, 0) is 48.7 Å². The normalized spacial score (nSPS) is 14.9. The summed E-state index contributed by atoms with van der Waals surface area (Å²) in [7, 11) is 0. The molecule has 0 aliphatic carbocycles. The number of ether oxygens (including phenoxy) is 1. The van der Waals surface area contributed by atoms with Crippen LogP contribution in [0.5, 0.6) is 11.5 Å². The molecule has 0 fully saturated rings. The molecule has 5 nitrogen and oxygen atoms in total. The van der Waals surface area contributed by atoms with Crippen LogP contribution >= 0.6 is 11.8 Å². The highest BCUT2D eigenvalue weighted by molar-refractivity contribution is 8.02. The molecule has 3 rings (SSSR count). The molecule has 2 aromatic carbocycles. The number of rotatable bonds is 5. The van der Waals surface area contributed by atoms with E-state index in [2.05, 4.69) is 5.32 Å². The Labute approximate surface area is 150 Å². The first-order valence-corrected chi connectivity index (χ1v) is 8.91. The monoisotopic (exact) mass is 354 g/mol. The number of amides is 2. The van der Waals surface area contributed by atoms with E-state index in [1.807, 2.05) is 35.7 Å². The zero-order valence-electron chi connectivity index (χ0n) is 13.7. The molecule has 0 radical (unpaired) electrons. The molecule has 1 heterocycles. The van der Waals surface area contributed by atoms with Crippen molar-refractivity contribution in [1.29, 1.82) is 0 Å². The van der Waals surface area contributed by atoms with Crippen molar-refractivity contribution in [3.63, 3.8) is 0 Å². The van der Waals surface area contributed by atoms with Crippen molar-refractivity contribution in [3.8, 4) is 11.5 Å². The van der Waals surface area contributed by atoms with Gasteiger partial charge in [-0.3, -0.25) is 9.59 Å². The summed E-state index contributed by atoms with van der Waals surface area (Å²) in [6.07, 6.45) is 1.65. The predicted octanol–water partition coefficient (Wildman–Crippen LogP) is 3.85. The van der Waals surface area contributed by atoms with E-state index in [1.165, 1.54) is 16.7 Å². The molecular formula is C19H18N2O3S. The molecule has 6 heteroatoms. The summed E-state index contributed by atoms with van der Waals surface area (Å²) in [4.78, 5) is 25.7. The molecule has 128 valence electrons. The molecule has 1 aliphatic heterocycles. The molecule has 2 amide bonds. The first-order chi connectivity index (χ1) is 12.1. The van der Waals surface area contributed by atoms with Gasteiger partial charge in [-0.15, -0.1) is 11.8 Å². The van der Waals surface area contributed by atoms with Crippen LogP contribution in [0, 0.1) is 0 Å². The van der Waals surface area contributed by atoms with Gasteiger partial charge in [0.15, 0.2) is 0 Å². The van der Waals surface area contributed by atoms with Gasteiger partial charge in [0.2, 0.25) is 11.8 Å². The summed E-state index contributed by atoms with van der Waals surface area (Å²) >= 11 is 1.42. The van der Waals surface area contributed by atoms with Crippen molar-refractivity contribution in [2.24, 2.45) is 0 Å². The van der Waals surface area contributed by atoms with Crippen LogP contribution in [0.2, 0.25) is 0 Å². The van der Waals surface area contributed by atoms with Crippen LogP contribution in [0.25, 0.3) is 0 Å². The van der Waals surface area contributed by atoms with E-state index >= 15 is 0 Å². The SMILES string of the molecule is CC(C(=O)Nc1ccc(Oc2ccccc2)cc1)N1C=CSCC1=O. The number of thioether (sulfide) groups is 1. The average molecular weight is 354 g/mol. The fourth-order valence-electron chi connectivity index (χ4n) is 2.33. The third-order valence-electron chi connectivity index (χ3n) is 3.71. The Balaban J connectivity index is 1.61. The number of nitrogens with one attached hydrogen (secondary N) is 1. The van der Waals surface area contributed by atoms with Crippen LogP contribution in [0.3, 0.4) is 0 Å². The topological polar surface area (TPSA) is 58.6 Å². The zero-order valence-corrected chi connectivity index (χ0v) is 14.5. The van der Waals surface area contributed by atoms with Crippen molar-refractivity contribution < 1.29 is 14.3 Å². The van der Waals surface area contributed by atoms with E-state index in [4.69, 9.17) is 4.74 Å². The van der Waals surface area contributed by atoms with E-state index in [0.29, 0.717) is 17.2 Å². The smallest absolute Gasteiger partial charge is 0.247 e. The van der Waals surface area contributed by atoms with Crippen molar-refractivity contribution in [2.45, 2.75) is 13.0 Å². The summed E-state index contributed by atoms with van der Waals surface area (Å²) in [5.74, 6) is 1.49. The van der Waals surface area contributed by atoms with Gasteiger partial charge in [-0.1, -0.05) is 18.2 Å². The molecule has 25 heavy (non-hydrogen) atoms. The molecule has 0 aromatic heterocycles. The summed E-state index contributed by atoms with van der Waals surface area (Å²) < 4.78 is 5.72. The lowest BCUT2D eigenvalue weighted by Crippen LogP contribution is -2.44. The van der Waals surface area contributed by atoms with Crippen LogP contribution < -0.4 is 10.1 Å². The Hall–Kier alpha value is -2.73. The van der Waals surface area contributed by atoms with Gasteiger partial charge >= 0.3 is 0 Å². The van der Waals surface area contributed by atoms with E-state index in [-0.39, 0.29) is 11.8 Å². The molecule has 1 N–H and O–H groups in total. The zero-order chi connectivity index (χ0) is 17.6. The average Bonchev–Trinajstić information content (AvgIpc) is 2.64. The second-order valence-corrected chi connectivity index (χ2v) is 6.40. The number of carbonyl (C=O) groups is 2. The minimum Gasteiger partial charge on any atom is -0.457 e. The van der Waals surface area contributed by atoms with Crippen LogP contribution in [0.15, 0.2) is 66.2 Å². The highest BCUT2D eigenvalue weighted by Gasteiger charge is 2.25.